The van der Waals surface area contributed by atoms with Gasteiger partial charge in [-0.1, -0.05) is 29.3 Å². The number of aryl methyl sites for hydroxylation is 1. The van der Waals surface area contributed by atoms with Gasteiger partial charge in [-0.15, -0.1) is 0 Å². The van der Waals surface area contributed by atoms with E-state index in [0.29, 0.717) is 26.7 Å². The van der Waals surface area contributed by atoms with Crippen LogP contribution >= 0.6 is 23.2 Å². The Morgan fingerprint density at radius 3 is 2.24 bits per heavy atom. The van der Waals surface area contributed by atoms with E-state index in [-0.39, 0.29) is 0 Å². The number of benzene rings is 2. The Balaban J connectivity index is 2.44. The molecule has 2 rings (SSSR count). The standard InChI is InChI=1S/C15H12Cl2F3N/c1-8-6-9(15(18,19)20)2-4-11(8)14(21)12-7-10(16)3-5-13(12)17/h2-7,14H,21H2,1H3. The Kier molecular flexibility index (Phi) is 4.51. The van der Waals surface area contributed by atoms with E-state index in [1.807, 2.05) is 0 Å². The quantitative estimate of drug-likeness (QED) is 0.785. The molecule has 1 nitrogen and oxygen atoms in total. The van der Waals surface area contributed by atoms with Gasteiger partial charge in [0.15, 0.2) is 0 Å². The second-order valence-electron chi connectivity index (χ2n) is 4.71. The van der Waals surface area contributed by atoms with E-state index in [1.165, 1.54) is 6.07 Å². The molecular weight excluding hydrogens is 322 g/mol. The van der Waals surface area contributed by atoms with Crippen LogP contribution in [0.1, 0.15) is 28.3 Å². The second-order valence-corrected chi connectivity index (χ2v) is 5.56. The molecule has 0 aliphatic carbocycles. The Labute approximate surface area is 130 Å². The summed E-state index contributed by atoms with van der Waals surface area (Å²) in [7, 11) is 0. The van der Waals surface area contributed by atoms with Gasteiger partial charge in [-0.25, -0.2) is 0 Å². The van der Waals surface area contributed by atoms with Crippen LogP contribution in [0.4, 0.5) is 13.2 Å². The highest BCUT2D eigenvalue weighted by Gasteiger charge is 2.31. The van der Waals surface area contributed by atoms with E-state index in [1.54, 1.807) is 25.1 Å². The molecule has 6 heteroatoms. The summed E-state index contributed by atoms with van der Waals surface area (Å²) in [6.07, 6.45) is -4.37. The summed E-state index contributed by atoms with van der Waals surface area (Å²) < 4.78 is 38.0. The summed E-state index contributed by atoms with van der Waals surface area (Å²) in [6.45, 7) is 1.59. The molecule has 0 heterocycles. The van der Waals surface area contributed by atoms with Crippen LogP contribution in [0.5, 0.6) is 0 Å². The highest BCUT2D eigenvalue weighted by Crippen LogP contribution is 2.34. The number of rotatable bonds is 2. The number of nitrogens with two attached hydrogens (primary N) is 1. The third-order valence-corrected chi connectivity index (χ3v) is 3.80. The minimum Gasteiger partial charge on any atom is -0.320 e. The first-order valence-electron chi connectivity index (χ1n) is 6.08. The summed E-state index contributed by atoms with van der Waals surface area (Å²) in [6, 6.07) is 7.68. The molecule has 0 saturated heterocycles. The van der Waals surface area contributed by atoms with Crippen LogP contribution in [0.2, 0.25) is 10.0 Å². The van der Waals surface area contributed by atoms with E-state index in [0.717, 1.165) is 12.1 Å². The lowest BCUT2D eigenvalue weighted by Gasteiger charge is -2.18. The van der Waals surface area contributed by atoms with Crippen molar-refractivity contribution in [3.8, 4) is 0 Å². The van der Waals surface area contributed by atoms with Crippen molar-refractivity contribution in [3.63, 3.8) is 0 Å². The van der Waals surface area contributed by atoms with Crippen LogP contribution < -0.4 is 5.73 Å². The monoisotopic (exact) mass is 333 g/mol. The zero-order chi connectivity index (χ0) is 15.8. The predicted molar refractivity (Wildman–Crippen MR) is 78.7 cm³/mol. The Hall–Kier alpha value is -1.23. The van der Waals surface area contributed by atoms with Gasteiger partial charge in [-0.2, -0.15) is 13.2 Å². The summed E-state index contributed by atoms with van der Waals surface area (Å²) >= 11 is 12.0. The van der Waals surface area contributed by atoms with Crippen molar-refractivity contribution in [2.45, 2.75) is 19.1 Å². The molecule has 0 spiro atoms. The maximum absolute atomic E-state index is 12.7. The van der Waals surface area contributed by atoms with Crippen LogP contribution in [0.15, 0.2) is 36.4 Å². The zero-order valence-electron chi connectivity index (χ0n) is 11.0. The highest BCUT2D eigenvalue weighted by atomic mass is 35.5. The predicted octanol–water partition coefficient (Wildman–Crippen LogP) is 5.37. The number of halogens is 5. The average Bonchev–Trinajstić information content (AvgIpc) is 2.39. The van der Waals surface area contributed by atoms with Crippen molar-refractivity contribution < 1.29 is 13.2 Å². The smallest absolute Gasteiger partial charge is 0.320 e. The van der Waals surface area contributed by atoms with Crippen molar-refractivity contribution in [2.24, 2.45) is 5.73 Å². The van der Waals surface area contributed by atoms with Gasteiger partial charge in [0.1, 0.15) is 0 Å². The van der Waals surface area contributed by atoms with Gasteiger partial charge in [0.05, 0.1) is 11.6 Å². The van der Waals surface area contributed by atoms with Crippen LogP contribution in [-0.4, -0.2) is 0 Å². The van der Waals surface area contributed by atoms with Gasteiger partial charge in [-0.3, -0.25) is 0 Å². The Morgan fingerprint density at radius 1 is 1.00 bits per heavy atom. The van der Waals surface area contributed by atoms with E-state index in [9.17, 15) is 13.2 Å². The van der Waals surface area contributed by atoms with Gasteiger partial charge >= 0.3 is 6.18 Å². The molecule has 2 N–H and O–H groups in total. The van der Waals surface area contributed by atoms with Crippen LogP contribution in [0.3, 0.4) is 0 Å². The van der Waals surface area contributed by atoms with Crippen LogP contribution in [0.25, 0.3) is 0 Å². The van der Waals surface area contributed by atoms with Crippen molar-refractivity contribution in [3.05, 3.63) is 68.7 Å². The maximum Gasteiger partial charge on any atom is 0.416 e. The Bertz CT molecular complexity index is 668. The van der Waals surface area contributed by atoms with Gasteiger partial charge in [0.25, 0.3) is 0 Å². The van der Waals surface area contributed by atoms with Gasteiger partial charge in [-0.05, 0) is 53.9 Å². The normalized spacial score (nSPS) is 13.3. The van der Waals surface area contributed by atoms with Crippen molar-refractivity contribution in [1.29, 1.82) is 0 Å². The van der Waals surface area contributed by atoms with E-state index >= 15 is 0 Å². The molecule has 0 aliphatic heterocycles. The van der Waals surface area contributed by atoms with Gasteiger partial charge in [0.2, 0.25) is 0 Å². The molecule has 1 atom stereocenters. The molecule has 1 unspecified atom stereocenters. The summed E-state index contributed by atoms with van der Waals surface area (Å²) in [5.74, 6) is 0. The molecule has 2 aromatic rings. The summed E-state index contributed by atoms with van der Waals surface area (Å²) in [4.78, 5) is 0. The molecule has 112 valence electrons. The molecule has 0 bridgehead atoms. The van der Waals surface area contributed by atoms with Gasteiger partial charge < -0.3 is 5.73 Å². The second kappa shape index (κ2) is 5.87. The molecule has 0 amide bonds. The SMILES string of the molecule is Cc1cc(C(F)(F)F)ccc1C(N)c1cc(Cl)ccc1Cl. The molecule has 21 heavy (non-hydrogen) atoms. The first-order valence-corrected chi connectivity index (χ1v) is 6.84. The molecule has 0 saturated carbocycles. The number of hydrogen-bond acceptors (Lipinski definition) is 1. The Morgan fingerprint density at radius 2 is 1.67 bits per heavy atom. The lowest BCUT2D eigenvalue weighted by Crippen LogP contribution is -2.15. The maximum atomic E-state index is 12.7. The fraction of sp³-hybridized carbons (Fsp3) is 0.200. The molecule has 0 radical (unpaired) electrons. The highest BCUT2D eigenvalue weighted by molar-refractivity contribution is 6.33. The van der Waals surface area contributed by atoms with E-state index < -0.39 is 17.8 Å². The van der Waals surface area contributed by atoms with E-state index in [4.69, 9.17) is 28.9 Å². The molecule has 0 aliphatic rings. The van der Waals surface area contributed by atoms with E-state index in [2.05, 4.69) is 0 Å². The summed E-state index contributed by atoms with van der Waals surface area (Å²) in [5, 5.41) is 0.889. The minimum atomic E-state index is -4.37. The van der Waals surface area contributed by atoms with Crippen LogP contribution in [0, 0.1) is 6.92 Å². The molecule has 2 aromatic carbocycles. The first kappa shape index (κ1) is 16.1. The third-order valence-electron chi connectivity index (χ3n) is 3.23. The van der Waals surface area contributed by atoms with Crippen molar-refractivity contribution in [2.75, 3.05) is 0 Å². The number of hydrogen-bond donors (Lipinski definition) is 1. The average molecular weight is 334 g/mol. The van der Waals surface area contributed by atoms with Crippen molar-refractivity contribution in [1.82, 2.24) is 0 Å². The lowest BCUT2D eigenvalue weighted by molar-refractivity contribution is -0.137. The molecule has 0 aromatic heterocycles. The largest absolute Gasteiger partial charge is 0.416 e. The first-order chi connectivity index (χ1) is 9.70. The molecular formula is C15H12Cl2F3N. The topological polar surface area (TPSA) is 26.0 Å². The van der Waals surface area contributed by atoms with Gasteiger partial charge in [0, 0.05) is 10.0 Å². The molecule has 0 fully saturated rings. The lowest BCUT2D eigenvalue weighted by atomic mass is 9.94. The minimum absolute atomic E-state index is 0.422. The van der Waals surface area contributed by atoms with Crippen molar-refractivity contribution >= 4 is 23.2 Å². The fourth-order valence-electron chi connectivity index (χ4n) is 2.12. The zero-order valence-corrected chi connectivity index (χ0v) is 12.5. The summed E-state index contributed by atoms with van der Waals surface area (Å²) in [5.41, 5.74) is 7.03. The third kappa shape index (κ3) is 3.51. The number of alkyl halides is 3. The van der Waals surface area contributed by atoms with Crippen LogP contribution in [-0.2, 0) is 6.18 Å². The fourth-order valence-corrected chi connectivity index (χ4v) is 2.54.